The van der Waals surface area contributed by atoms with Gasteiger partial charge in [0.1, 0.15) is 19.3 Å². The van der Waals surface area contributed by atoms with E-state index in [2.05, 4.69) is 30.8 Å². The van der Waals surface area contributed by atoms with Crippen LogP contribution in [0.4, 0.5) is 4.79 Å². The van der Waals surface area contributed by atoms with Crippen molar-refractivity contribution < 1.29 is 19.1 Å². The quantitative estimate of drug-likeness (QED) is 0.354. The second-order valence-corrected chi connectivity index (χ2v) is 7.63. The molecule has 6 heteroatoms. The van der Waals surface area contributed by atoms with Crippen LogP contribution in [0.1, 0.15) is 36.3 Å². The molecule has 3 rings (SSSR count). The van der Waals surface area contributed by atoms with E-state index in [1.165, 1.54) is 22.1 Å². The molecule has 164 valence electrons. The maximum Gasteiger partial charge on any atom is 0.410 e. The summed E-state index contributed by atoms with van der Waals surface area (Å²) < 4.78 is 10.9. The van der Waals surface area contributed by atoms with Gasteiger partial charge in [0.25, 0.3) is 0 Å². The molecule has 0 bridgehead atoms. The van der Waals surface area contributed by atoms with Crippen LogP contribution in [0, 0.1) is 0 Å². The number of hydrogen-bond donors (Lipinski definition) is 1. The third-order valence-corrected chi connectivity index (χ3v) is 5.64. The zero-order valence-corrected chi connectivity index (χ0v) is 18.0. The largest absolute Gasteiger partial charge is 0.460 e. The summed E-state index contributed by atoms with van der Waals surface area (Å²) in [6.07, 6.45) is 2.90. The molecule has 2 aromatic carbocycles. The first-order chi connectivity index (χ1) is 15.1. The molecule has 0 heterocycles. The van der Waals surface area contributed by atoms with Crippen LogP contribution in [-0.2, 0) is 14.3 Å². The van der Waals surface area contributed by atoms with Crippen molar-refractivity contribution >= 4 is 12.1 Å². The summed E-state index contributed by atoms with van der Waals surface area (Å²) in [6.45, 7) is 4.39. The van der Waals surface area contributed by atoms with E-state index in [9.17, 15) is 9.59 Å². The molecule has 0 saturated heterocycles. The van der Waals surface area contributed by atoms with E-state index in [1.807, 2.05) is 24.3 Å². The van der Waals surface area contributed by atoms with Crippen LogP contribution >= 0.6 is 0 Å². The molecule has 1 aliphatic carbocycles. The van der Waals surface area contributed by atoms with E-state index >= 15 is 0 Å². The second-order valence-electron chi connectivity index (χ2n) is 7.63. The smallest absolute Gasteiger partial charge is 0.410 e. The fourth-order valence-corrected chi connectivity index (χ4v) is 4.01. The SMILES string of the molecule is C=CCOC(=O)[C@@H](CCCCN)N(C)C(=O)OCC1c2ccccc2-c2ccccc21. The first-order valence-corrected chi connectivity index (χ1v) is 10.6. The number of hydrogen-bond acceptors (Lipinski definition) is 5. The summed E-state index contributed by atoms with van der Waals surface area (Å²) in [5.74, 6) is -0.499. The van der Waals surface area contributed by atoms with Crippen molar-refractivity contribution in [3.8, 4) is 11.1 Å². The van der Waals surface area contributed by atoms with Gasteiger partial charge in [-0.3, -0.25) is 4.90 Å². The Kier molecular flexibility index (Phi) is 7.84. The minimum absolute atomic E-state index is 0.0341. The van der Waals surface area contributed by atoms with Gasteiger partial charge in [0.05, 0.1) is 0 Å². The molecule has 2 N–H and O–H groups in total. The molecule has 0 aliphatic heterocycles. The van der Waals surface area contributed by atoms with E-state index in [0.717, 1.165) is 17.5 Å². The lowest BCUT2D eigenvalue weighted by molar-refractivity contribution is -0.148. The summed E-state index contributed by atoms with van der Waals surface area (Å²) >= 11 is 0. The maximum atomic E-state index is 12.8. The lowest BCUT2D eigenvalue weighted by Crippen LogP contribution is -2.44. The Hall–Kier alpha value is -3.12. The van der Waals surface area contributed by atoms with Gasteiger partial charge in [-0.15, -0.1) is 0 Å². The summed E-state index contributed by atoms with van der Waals surface area (Å²) in [5, 5.41) is 0. The van der Waals surface area contributed by atoms with Crippen molar-refractivity contribution in [2.45, 2.75) is 31.2 Å². The highest BCUT2D eigenvalue weighted by atomic mass is 16.6. The fourth-order valence-electron chi connectivity index (χ4n) is 4.01. The Balaban J connectivity index is 1.69. The highest BCUT2D eigenvalue weighted by molar-refractivity contribution is 5.82. The third kappa shape index (κ3) is 5.14. The zero-order chi connectivity index (χ0) is 22.2. The first-order valence-electron chi connectivity index (χ1n) is 10.6. The van der Waals surface area contributed by atoms with Gasteiger partial charge in [0.15, 0.2) is 0 Å². The number of rotatable bonds is 10. The second kappa shape index (κ2) is 10.8. The standard InChI is InChI=1S/C25H30N2O4/c1-3-16-30-24(28)23(14-8-9-15-26)27(2)25(29)31-17-22-20-12-6-4-10-18(20)19-11-5-7-13-21(19)22/h3-7,10-13,22-23H,1,8-9,14-17,26H2,2H3/t23-/m1/s1. The molecule has 1 atom stereocenters. The number of nitrogens with two attached hydrogens (primary N) is 1. The number of carbonyl (C=O) groups is 2. The minimum atomic E-state index is -0.720. The zero-order valence-electron chi connectivity index (χ0n) is 18.0. The number of ether oxygens (including phenoxy) is 2. The Labute approximate surface area is 183 Å². The average molecular weight is 423 g/mol. The van der Waals surface area contributed by atoms with Gasteiger partial charge in [-0.1, -0.05) is 61.2 Å². The van der Waals surface area contributed by atoms with E-state index in [-0.39, 0.29) is 19.1 Å². The molecule has 1 amide bonds. The number of carbonyl (C=O) groups excluding carboxylic acids is 2. The molecule has 6 nitrogen and oxygen atoms in total. The molecule has 0 saturated carbocycles. The van der Waals surface area contributed by atoms with Crippen LogP contribution < -0.4 is 5.73 Å². The Morgan fingerprint density at radius 1 is 1.06 bits per heavy atom. The molecule has 0 fully saturated rings. The van der Waals surface area contributed by atoms with Crippen LogP contribution in [0.2, 0.25) is 0 Å². The summed E-state index contributed by atoms with van der Waals surface area (Å²) in [6, 6.07) is 15.6. The van der Waals surface area contributed by atoms with Crippen molar-refractivity contribution in [2.24, 2.45) is 5.73 Å². The minimum Gasteiger partial charge on any atom is -0.460 e. The van der Waals surface area contributed by atoms with Crippen LogP contribution in [-0.4, -0.2) is 49.8 Å². The lowest BCUT2D eigenvalue weighted by Gasteiger charge is -2.26. The molecular formula is C25H30N2O4. The Bertz CT molecular complexity index is 882. The predicted molar refractivity (Wildman–Crippen MR) is 121 cm³/mol. The number of esters is 1. The lowest BCUT2D eigenvalue weighted by atomic mass is 9.98. The van der Waals surface area contributed by atoms with Gasteiger partial charge in [-0.05, 0) is 48.1 Å². The highest BCUT2D eigenvalue weighted by Crippen LogP contribution is 2.44. The molecular weight excluding hydrogens is 392 g/mol. The van der Waals surface area contributed by atoms with Gasteiger partial charge in [0, 0.05) is 13.0 Å². The number of nitrogens with zero attached hydrogens (tertiary/aromatic N) is 1. The average Bonchev–Trinajstić information content (AvgIpc) is 3.12. The summed E-state index contributed by atoms with van der Waals surface area (Å²) in [5.41, 5.74) is 10.2. The molecule has 0 radical (unpaired) electrons. The van der Waals surface area contributed by atoms with Gasteiger partial charge >= 0.3 is 12.1 Å². The molecule has 0 spiro atoms. The molecule has 31 heavy (non-hydrogen) atoms. The fraction of sp³-hybridized carbons (Fsp3) is 0.360. The third-order valence-electron chi connectivity index (χ3n) is 5.64. The normalized spacial score (nSPS) is 13.1. The van der Waals surface area contributed by atoms with Crippen molar-refractivity contribution in [3.05, 3.63) is 72.3 Å². The van der Waals surface area contributed by atoms with E-state index in [1.54, 1.807) is 7.05 Å². The van der Waals surface area contributed by atoms with Gasteiger partial charge in [-0.25, -0.2) is 9.59 Å². The van der Waals surface area contributed by atoms with Crippen LogP contribution in [0.5, 0.6) is 0 Å². The Morgan fingerprint density at radius 3 is 2.26 bits per heavy atom. The van der Waals surface area contributed by atoms with Crippen molar-refractivity contribution in [3.63, 3.8) is 0 Å². The monoisotopic (exact) mass is 422 g/mol. The topological polar surface area (TPSA) is 81.9 Å². The van der Waals surface area contributed by atoms with E-state index in [0.29, 0.717) is 19.4 Å². The summed E-state index contributed by atoms with van der Waals surface area (Å²) in [4.78, 5) is 26.6. The van der Waals surface area contributed by atoms with Crippen molar-refractivity contribution in [2.75, 3.05) is 26.8 Å². The Morgan fingerprint density at radius 2 is 1.68 bits per heavy atom. The van der Waals surface area contributed by atoms with Gasteiger partial charge < -0.3 is 15.2 Å². The number of benzene rings is 2. The van der Waals surface area contributed by atoms with Gasteiger partial charge in [-0.2, -0.15) is 0 Å². The predicted octanol–water partition coefficient (Wildman–Crippen LogP) is 4.09. The van der Waals surface area contributed by atoms with Gasteiger partial charge in [0.2, 0.25) is 0 Å². The van der Waals surface area contributed by atoms with Crippen LogP contribution in [0.25, 0.3) is 11.1 Å². The number of likely N-dealkylation sites (N-methyl/N-ethyl adjacent to an activating group) is 1. The number of unbranched alkanes of at least 4 members (excludes halogenated alkanes) is 1. The van der Waals surface area contributed by atoms with Crippen LogP contribution in [0.15, 0.2) is 61.2 Å². The molecule has 0 aromatic heterocycles. The summed E-state index contributed by atoms with van der Waals surface area (Å²) in [7, 11) is 1.57. The van der Waals surface area contributed by atoms with E-state index < -0.39 is 18.1 Å². The van der Waals surface area contributed by atoms with Crippen molar-refractivity contribution in [1.29, 1.82) is 0 Å². The number of fused-ring (bicyclic) bond motifs is 3. The first kappa shape index (κ1) is 22.6. The maximum absolute atomic E-state index is 12.8. The highest BCUT2D eigenvalue weighted by Gasteiger charge is 2.32. The van der Waals surface area contributed by atoms with E-state index in [4.69, 9.17) is 15.2 Å². The molecule has 2 aromatic rings. The molecule has 1 aliphatic rings. The van der Waals surface area contributed by atoms with Crippen molar-refractivity contribution in [1.82, 2.24) is 4.90 Å². The molecule has 0 unspecified atom stereocenters. The number of amides is 1. The van der Waals surface area contributed by atoms with Crippen LogP contribution in [0.3, 0.4) is 0 Å².